The smallest absolute Gasteiger partial charge is 0.270 e. The van der Waals surface area contributed by atoms with E-state index in [9.17, 15) is 10.1 Å². The van der Waals surface area contributed by atoms with Gasteiger partial charge in [-0.3, -0.25) is 10.1 Å². The van der Waals surface area contributed by atoms with Crippen molar-refractivity contribution in [2.45, 2.75) is 19.8 Å². The highest BCUT2D eigenvalue weighted by Crippen LogP contribution is 2.29. The summed E-state index contributed by atoms with van der Waals surface area (Å²) in [6.45, 7) is 2.11. The summed E-state index contributed by atoms with van der Waals surface area (Å²) in [7, 11) is 0. The van der Waals surface area contributed by atoms with Gasteiger partial charge in [-0.2, -0.15) is 0 Å². The van der Waals surface area contributed by atoms with Crippen LogP contribution in [0.3, 0.4) is 0 Å². The summed E-state index contributed by atoms with van der Waals surface area (Å²) in [4.78, 5) is 10.4. The predicted octanol–water partition coefficient (Wildman–Crippen LogP) is 3.80. The molecule has 0 radical (unpaired) electrons. The Kier molecular flexibility index (Phi) is 3.80. The van der Waals surface area contributed by atoms with Gasteiger partial charge in [0.1, 0.15) is 0 Å². The molecule has 0 atom stereocenters. The van der Waals surface area contributed by atoms with Crippen LogP contribution >= 0.6 is 0 Å². The zero-order valence-electron chi connectivity index (χ0n) is 10.8. The molecule has 0 heterocycles. The number of hydrogen-bond donors (Lipinski definition) is 1. The number of rotatable bonds is 4. The lowest BCUT2D eigenvalue weighted by molar-refractivity contribution is -0.384. The molecule has 0 aliphatic carbocycles. The van der Waals surface area contributed by atoms with E-state index in [2.05, 4.69) is 6.92 Å². The summed E-state index contributed by atoms with van der Waals surface area (Å²) in [5, 5.41) is 10.8. The topological polar surface area (TPSA) is 69.2 Å². The summed E-state index contributed by atoms with van der Waals surface area (Å²) in [6.07, 6.45) is 2.03. The van der Waals surface area contributed by atoms with Crippen LogP contribution in [0, 0.1) is 10.1 Å². The molecule has 2 N–H and O–H groups in total. The van der Waals surface area contributed by atoms with Gasteiger partial charge in [-0.25, -0.2) is 0 Å². The molecule has 0 fully saturated rings. The fourth-order valence-corrected chi connectivity index (χ4v) is 2.08. The number of non-ortho nitro benzene ring substituents is 1. The summed E-state index contributed by atoms with van der Waals surface area (Å²) in [6, 6.07) is 12.4. The monoisotopic (exact) mass is 256 g/mol. The van der Waals surface area contributed by atoms with E-state index in [4.69, 9.17) is 5.73 Å². The number of nitrogens with two attached hydrogens (primary N) is 1. The van der Waals surface area contributed by atoms with Crippen LogP contribution in [0.5, 0.6) is 0 Å². The third kappa shape index (κ3) is 2.91. The van der Waals surface area contributed by atoms with Crippen molar-refractivity contribution < 1.29 is 4.92 Å². The third-order valence-electron chi connectivity index (χ3n) is 3.02. The highest BCUT2D eigenvalue weighted by atomic mass is 16.6. The molecule has 0 amide bonds. The molecule has 0 unspecified atom stereocenters. The third-order valence-corrected chi connectivity index (χ3v) is 3.02. The highest BCUT2D eigenvalue weighted by Gasteiger charge is 2.09. The number of anilines is 1. The van der Waals surface area contributed by atoms with Gasteiger partial charge in [-0.1, -0.05) is 31.5 Å². The van der Waals surface area contributed by atoms with Gasteiger partial charge in [-0.05, 0) is 29.7 Å². The lowest BCUT2D eigenvalue weighted by atomic mass is 9.99. The Labute approximate surface area is 112 Å². The molecule has 0 aliphatic rings. The van der Waals surface area contributed by atoms with Gasteiger partial charge in [0.15, 0.2) is 0 Å². The van der Waals surface area contributed by atoms with Crippen molar-refractivity contribution in [3.05, 3.63) is 58.1 Å². The van der Waals surface area contributed by atoms with Crippen molar-refractivity contribution in [2.75, 3.05) is 5.73 Å². The minimum Gasteiger partial charge on any atom is -0.398 e. The lowest BCUT2D eigenvalue weighted by Gasteiger charge is -2.08. The molecule has 2 aromatic carbocycles. The van der Waals surface area contributed by atoms with Crippen molar-refractivity contribution in [1.82, 2.24) is 0 Å². The quantitative estimate of drug-likeness (QED) is 0.514. The maximum atomic E-state index is 10.8. The second kappa shape index (κ2) is 5.52. The summed E-state index contributed by atoms with van der Waals surface area (Å²) in [5.74, 6) is 0. The second-order valence-electron chi connectivity index (χ2n) is 4.48. The molecule has 4 nitrogen and oxygen atoms in total. The van der Waals surface area contributed by atoms with Crippen molar-refractivity contribution in [1.29, 1.82) is 0 Å². The summed E-state index contributed by atoms with van der Waals surface area (Å²) < 4.78 is 0. The van der Waals surface area contributed by atoms with Crippen molar-refractivity contribution in [2.24, 2.45) is 0 Å². The van der Waals surface area contributed by atoms with Gasteiger partial charge in [0.05, 0.1) is 4.92 Å². The molecule has 0 bridgehead atoms. The Hall–Kier alpha value is -2.36. The first kappa shape index (κ1) is 13.1. The van der Waals surface area contributed by atoms with Crippen LogP contribution < -0.4 is 5.73 Å². The van der Waals surface area contributed by atoms with Gasteiger partial charge in [0, 0.05) is 23.4 Å². The number of nitro groups is 1. The minimum absolute atomic E-state index is 0.0813. The number of nitrogen functional groups attached to an aromatic ring is 1. The highest BCUT2D eigenvalue weighted by molar-refractivity contribution is 5.78. The maximum absolute atomic E-state index is 10.8. The van der Waals surface area contributed by atoms with Gasteiger partial charge in [0.2, 0.25) is 0 Å². The van der Waals surface area contributed by atoms with Crippen LogP contribution in [0.4, 0.5) is 11.4 Å². The largest absolute Gasteiger partial charge is 0.398 e. The SMILES string of the molecule is CCCc1ccc(N)c(-c2cccc([N+](=O)[O-])c2)c1. The fraction of sp³-hybridized carbons (Fsp3) is 0.200. The first-order chi connectivity index (χ1) is 9.11. The van der Waals surface area contributed by atoms with E-state index >= 15 is 0 Å². The van der Waals surface area contributed by atoms with Crippen molar-refractivity contribution in [3.8, 4) is 11.1 Å². The molecular formula is C15H16N2O2. The van der Waals surface area contributed by atoms with E-state index in [1.165, 1.54) is 11.6 Å². The van der Waals surface area contributed by atoms with Crippen LogP contribution in [-0.4, -0.2) is 4.92 Å². The number of aryl methyl sites for hydroxylation is 1. The first-order valence-corrected chi connectivity index (χ1v) is 6.25. The van der Waals surface area contributed by atoms with E-state index in [-0.39, 0.29) is 5.69 Å². The molecule has 0 aliphatic heterocycles. The van der Waals surface area contributed by atoms with Gasteiger partial charge >= 0.3 is 0 Å². The average Bonchev–Trinajstić information content (AvgIpc) is 2.41. The van der Waals surface area contributed by atoms with E-state index in [0.29, 0.717) is 5.69 Å². The van der Waals surface area contributed by atoms with Gasteiger partial charge < -0.3 is 5.73 Å². The van der Waals surface area contributed by atoms with Gasteiger partial charge in [0.25, 0.3) is 5.69 Å². The first-order valence-electron chi connectivity index (χ1n) is 6.25. The zero-order chi connectivity index (χ0) is 13.8. The van der Waals surface area contributed by atoms with Crippen LogP contribution in [0.25, 0.3) is 11.1 Å². The standard InChI is InChI=1S/C15H16N2O2/c1-2-4-11-7-8-15(16)14(9-11)12-5-3-6-13(10-12)17(18)19/h3,5-10H,2,4,16H2,1H3. The van der Waals surface area contributed by atoms with Crippen molar-refractivity contribution in [3.63, 3.8) is 0 Å². The van der Waals surface area contributed by atoms with Crippen LogP contribution in [0.2, 0.25) is 0 Å². The number of hydrogen-bond acceptors (Lipinski definition) is 3. The molecule has 19 heavy (non-hydrogen) atoms. The molecule has 2 aromatic rings. The molecule has 2 rings (SSSR count). The van der Waals surface area contributed by atoms with E-state index in [1.54, 1.807) is 12.1 Å². The Bertz CT molecular complexity index is 609. The molecular weight excluding hydrogens is 240 g/mol. The average molecular weight is 256 g/mol. The Morgan fingerprint density at radius 2 is 2.00 bits per heavy atom. The molecule has 4 heteroatoms. The molecule has 0 aromatic heterocycles. The van der Waals surface area contributed by atoms with E-state index in [1.807, 2.05) is 24.3 Å². The number of nitrogens with zero attached hydrogens (tertiary/aromatic N) is 1. The second-order valence-corrected chi connectivity index (χ2v) is 4.48. The fourth-order valence-electron chi connectivity index (χ4n) is 2.08. The number of nitro benzene ring substituents is 1. The van der Waals surface area contributed by atoms with Crippen LogP contribution in [0.15, 0.2) is 42.5 Å². The lowest BCUT2D eigenvalue weighted by Crippen LogP contribution is -1.94. The molecule has 0 saturated heterocycles. The number of benzene rings is 2. The summed E-state index contributed by atoms with van der Waals surface area (Å²) >= 11 is 0. The molecule has 0 saturated carbocycles. The molecule has 0 spiro atoms. The van der Waals surface area contributed by atoms with Crippen LogP contribution in [-0.2, 0) is 6.42 Å². The zero-order valence-corrected chi connectivity index (χ0v) is 10.8. The van der Waals surface area contributed by atoms with Crippen molar-refractivity contribution >= 4 is 11.4 Å². The minimum atomic E-state index is -0.393. The Morgan fingerprint density at radius 1 is 1.21 bits per heavy atom. The maximum Gasteiger partial charge on any atom is 0.270 e. The predicted molar refractivity (Wildman–Crippen MR) is 76.9 cm³/mol. The molecule has 98 valence electrons. The Morgan fingerprint density at radius 3 is 2.68 bits per heavy atom. The normalized spacial score (nSPS) is 10.4. The Balaban J connectivity index is 2.48. The van der Waals surface area contributed by atoms with Crippen LogP contribution in [0.1, 0.15) is 18.9 Å². The van der Waals surface area contributed by atoms with E-state index in [0.717, 1.165) is 24.0 Å². The summed E-state index contributed by atoms with van der Waals surface area (Å²) in [5.41, 5.74) is 9.53. The van der Waals surface area contributed by atoms with Gasteiger partial charge in [-0.15, -0.1) is 0 Å². The van der Waals surface area contributed by atoms with E-state index < -0.39 is 4.92 Å².